The third-order valence-corrected chi connectivity index (χ3v) is 4.24. The average Bonchev–Trinajstić information content (AvgIpc) is 2.37. The van der Waals surface area contributed by atoms with Gasteiger partial charge in [0.1, 0.15) is 0 Å². The van der Waals surface area contributed by atoms with Crippen LogP contribution in [0, 0.1) is 0 Å². The standard InChI is InChI=1S/C13H18N2OS/c1-3-13(2,14)12(16)15-8-9-17-11-7-5-4-6-10(11)15/h4-7H,3,8-9,14H2,1-2H3. The Morgan fingerprint density at radius 1 is 1.53 bits per heavy atom. The molecule has 1 amide bonds. The highest BCUT2D eigenvalue weighted by molar-refractivity contribution is 7.99. The number of nitrogens with two attached hydrogens (primary N) is 1. The molecule has 4 heteroatoms. The maximum atomic E-state index is 12.4. The van der Waals surface area contributed by atoms with E-state index >= 15 is 0 Å². The predicted octanol–water partition coefficient (Wildman–Crippen LogP) is 2.25. The molecule has 92 valence electrons. The lowest BCUT2D eigenvalue weighted by atomic mass is 9.98. The van der Waals surface area contributed by atoms with E-state index < -0.39 is 5.54 Å². The monoisotopic (exact) mass is 250 g/mol. The Bertz CT molecular complexity index is 431. The van der Waals surface area contributed by atoms with Gasteiger partial charge in [0.15, 0.2) is 0 Å². The molecule has 2 N–H and O–H groups in total. The van der Waals surface area contributed by atoms with Crippen LogP contribution >= 0.6 is 11.8 Å². The average molecular weight is 250 g/mol. The number of hydrogen-bond acceptors (Lipinski definition) is 3. The third kappa shape index (κ3) is 2.33. The molecule has 1 heterocycles. The fourth-order valence-electron chi connectivity index (χ4n) is 1.84. The second-order valence-electron chi connectivity index (χ2n) is 4.54. The summed E-state index contributed by atoms with van der Waals surface area (Å²) in [6.45, 7) is 4.50. The van der Waals surface area contributed by atoms with Crippen LogP contribution in [0.2, 0.25) is 0 Å². The van der Waals surface area contributed by atoms with E-state index in [-0.39, 0.29) is 5.91 Å². The number of para-hydroxylation sites is 1. The minimum absolute atomic E-state index is 0.0211. The molecule has 3 nitrogen and oxygen atoms in total. The van der Waals surface area contributed by atoms with Gasteiger partial charge in [-0.2, -0.15) is 0 Å². The first-order valence-electron chi connectivity index (χ1n) is 5.89. The maximum Gasteiger partial charge on any atom is 0.246 e. The lowest BCUT2D eigenvalue weighted by Crippen LogP contribution is -2.54. The Morgan fingerprint density at radius 3 is 2.94 bits per heavy atom. The highest BCUT2D eigenvalue weighted by atomic mass is 32.2. The lowest BCUT2D eigenvalue weighted by molar-refractivity contribution is -0.123. The van der Waals surface area contributed by atoms with Crippen molar-refractivity contribution in [2.75, 3.05) is 17.2 Å². The topological polar surface area (TPSA) is 46.3 Å². The number of fused-ring (bicyclic) bond motifs is 1. The normalized spacial score (nSPS) is 18.4. The van der Waals surface area contributed by atoms with Gasteiger partial charge in [-0.05, 0) is 25.5 Å². The van der Waals surface area contributed by atoms with E-state index in [1.807, 2.05) is 30.0 Å². The molecule has 1 aliphatic rings. The fraction of sp³-hybridized carbons (Fsp3) is 0.462. The van der Waals surface area contributed by atoms with Crippen LogP contribution in [0.25, 0.3) is 0 Å². The van der Waals surface area contributed by atoms with Crippen LogP contribution in [0.5, 0.6) is 0 Å². The zero-order chi connectivity index (χ0) is 12.5. The Hall–Kier alpha value is -1.00. The SMILES string of the molecule is CCC(C)(N)C(=O)N1CCSc2ccccc21. The number of rotatable bonds is 2. The summed E-state index contributed by atoms with van der Waals surface area (Å²) in [4.78, 5) is 15.4. The molecule has 1 unspecified atom stereocenters. The molecule has 0 radical (unpaired) electrons. The van der Waals surface area contributed by atoms with Crippen molar-refractivity contribution >= 4 is 23.4 Å². The maximum absolute atomic E-state index is 12.4. The van der Waals surface area contributed by atoms with Crippen LogP contribution in [0.1, 0.15) is 20.3 Å². The second-order valence-corrected chi connectivity index (χ2v) is 5.68. The summed E-state index contributed by atoms with van der Waals surface area (Å²) in [5.74, 6) is 0.954. The number of nitrogens with zero attached hydrogens (tertiary/aromatic N) is 1. The minimum atomic E-state index is -0.769. The molecule has 0 bridgehead atoms. The predicted molar refractivity (Wildman–Crippen MR) is 72.4 cm³/mol. The van der Waals surface area contributed by atoms with E-state index in [1.165, 1.54) is 4.90 Å². The van der Waals surface area contributed by atoms with Gasteiger partial charge in [0.05, 0.1) is 11.2 Å². The van der Waals surface area contributed by atoms with Crippen molar-refractivity contribution in [1.29, 1.82) is 0 Å². The summed E-state index contributed by atoms with van der Waals surface area (Å²) in [5.41, 5.74) is 6.28. The third-order valence-electron chi connectivity index (χ3n) is 3.20. The summed E-state index contributed by atoms with van der Waals surface area (Å²) in [7, 11) is 0. The Morgan fingerprint density at radius 2 is 2.24 bits per heavy atom. The molecule has 1 aromatic rings. The van der Waals surface area contributed by atoms with Crippen LogP contribution in [0.15, 0.2) is 29.2 Å². The van der Waals surface area contributed by atoms with Crippen molar-refractivity contribution in [1.82, 2.24) is 0 Å². The van der Waals surface area contributed by atoms with E-state index in [9.17, 15) is 4.79 Å². The zero-order valence-electron chi connectivity index (χ0n) is 10.3. The van der Waals surface area contributed by atoms with Crippen LogP contribution in [0.4, 0.5) is 5.69 Å². The smallest absolute Gasteiger partial charge is 0.246 e. The van der Waals surface area contributed by atoms with Gasteiger partial charge in [-0.3, -0.25) is 4.79 Å². The van der Waals surface area contributed by atoms with Crippen molar-refractivity contribution < 1.29 is 4.79 Å². The summed E-state index contributed by atoms with van der Waals surface area (Å²) in [5, 5.41) is 0. The van der Waals surface area contributed by atoms with Crippen molar-refractivity contribution in [3.63, 3.8) is 0 Å². The first-order valence-corrected chi connectivity index (χ1v) is 6.87. The van der Waals surface area contributed by atoms with E-state index in [0.717, 1.165) is 18.0 Å². The number of amides is 1. The summed E-state index contributed by atoms with van der Waals surface area (Å²) in [6.07, 6.45) is 0.650. The molecule has 1 atom stereocenters. The highest BCUT2D eigenvalue weighted by Gasteiger charge is 2.33. The van der Waals surface area contributed by atoms with Gasteiger partial charge in [-0.1, -0.05) is 19.1 Å². The van der Waals surface area contributed by atoms with Crippen molar-refractivity contribution in [2.24, 2.45) is 5.73 Å². The van der Waals surface area contributed by atoms with Crippen molar-refractivity contribution in [3.05, 3.63) is 24.3 Å². The molecule has 0 spiro atoms. The second kappa shape index (κ2) is 4.70. The zero-order valence-corrected chi connectivity index (χ0v) is 11.1. The van der Waals surface area contributed by atoms with Gasteiger partial charge in [-0.15, -0.1) is 11.8 Å². The molecule has 2 rings (SSSR count). The number of benzene rings is 1. The van der Waals surface area contributed by atoms with Crippen LogP contribution < -0.4 is 10.6 Å². The Labute approximate surface area is 106 Å². The summed E-state index contributed by atoms with van der Waals surface area (Å²) in [6, 6.07) is 8.01. The van der Waals surface area contributed by atoms with Gasteiger partial charge >= 0.3 is 0 Å². The van der Waals surface area contributed by atoms with Crippen molar-refractivity contribution in [3.8, 4) is 0 Å². The van der Waals surface area contributed by atoms with Crippen LogP contribution in [-0.2, 0) is 4.79 Å². The van der Waals surface area contributed by atoms with Crippen LogP contribution in [-0.4, -0.2) is 23.7 Å². The Kier molecular flexibility index (Phi) is 3.45. The van der Waals surface area contributed by atoms with Gasteiger partial charge in [0, 0.05) is 17.2 Å². The molecule has 0 fully saturated rings. The number of carbonyl (C=O) groups is 1. The fourth-order valence-corrected chi connectivity index (χ4v) is 2.83. The van der Waals surface area contributed by atoms with Gasteiger partial charge in [-0.25, -0.2) is 0 Å². The molecular weight excluding hydrogens is 232 g/mol. The van der Waals surface area contributed by atoms with E-state index in [2.05, 4.69) is 6.07 Å². The lowest BCUT2D eigenvalue weighted by Gasteiger charge is -2.34. The molecule has 0 aromatic heterocycles. The van der Waals surface area contributed by atoms with E-state index in [4.69, 9.17) is 5.73 Å². The molecule has 17 heavy (non-hydrogen) atoms. The molecule has 0 saturated heterocycles. The van der Waals surface area contributed by atoms with Gasteiger partial charge in [0.25, 0.3) is 0 Å². The number of anilines is 1. The quantitative estimate of drug-likeness (QED) is 0.875. The summed E-state index contributed by atoms with van der Waals surface area (Å²) < 4.78 is 0. The molecule has 0 saturated carbocycles. The molecule has 0 aliphatic carbocycles. The number of thioether (sulfide) groups is 1. The minimum Gasteiger partial charge on any atom is -0.318 e. The van der Waals surface area contributed by atoms with Crippen LogP contribution in [0.3, 0.4) is 0 Å². The molecule has 1 aromatic carbocycles. The van der Waals surface area contributed by atoms with Gasteiger partial charge < -0.3 is 10.6 Å². The molecule has 1 aliphatic heterocycles. The van der Waals surface area contributed by atoms with E-state index in [0.29, 0.717) is 6.42 Å². The van der Waals surface area contributed by atoms with E-state index in [1.54, 1.807) is 18.7 Å². The first kappa shape index (κ1) is 12.5. The van der Waals surface area contributed by atoms with Gasteiger partial charge in [0.2, 0.25) is 5.91 Å². The van der Waals surface area contributed by atoms with Crippen molar-refractivity contribution in [2.45, 2.75) is 30.7 Å². The highest BCUT2D eigenvalue weighted by Crippen LogP contribution is 2.35. The summed E-state index contributed by atoms with van der Waals surface area (Å²) >= 11 is 1.79. The first-order chi connectivity index (χ1) is 8.06. The molecular formula is C13H18N2OS. The largest absolute Gasteiger partial charge is 0.318 e. The Balaban J connectivity index is 2.33. The number of hydrogen-bond donors (Lipinski definition) is 1. The number of carbonyl (C=O) groups excluding carboxylic acids is 1.